The van der Waals surface area contributed by atoms with Crippen molar-refractivity contribution in [3.05, 3.63) is 64.4 Å². The Kier molecular flexibility index (Phi) is 4.40. The fourth-order valence-electron chi connectivity index (χ4n) is 2.01. The Labute approximate surface area is 117 Å². The van der Waals surface area contributed by atoms with E-state index in [1.807, 2.05) is 24.1 Å². The van der Waals surface area contributed by atoms with Crippen LogP contribution in [0.2, 0.25) is 5.02 Å². The zero-order chi connectivity index (χ0) is 13.8. The second-order valence-electron chi connectivity index (χ2n) is 4.38. The molecule has 0 aliphatic heterocycles. The van der Waals surface area contributed by atoms with E-state index in [2.05, 4.69) is 0 Å². The molecule has 0 saturated carbocycles. The number of hydrogen-bond acceptors (Lipinski definition) is 2. The van der Waals surface area contributed by atoms with Crippen molar-refractivity contribution in [3.63, 3.8) is 0 Å². The number of aliphatic hydroxyl groups excluding tert-OH is 1. The summed E-state index contributed by atoms with van der Waals surface area (Å²) in [7, 11) is 1.91. The van der Waals surface area contributed by atoms with Crippen molar-refractivity contribution >= 4 is 17.3 Å². The highest BCUT2D eigenvalue weighted by molar-refractivity contribution is 6.31. The van der Waals surface area contributed by atoms with Crippen molar-refractivity contribution in [1.82, 2.24) is 0 Å². The van der Waals surface area contributed by atoms with Gasteiger partial charge < -0.3 is 10.0 Å². The zero-order valence-electron chi connectivity index (χ0n) is 10.6. The Morgan fingerprint density at radius 3 is 2.47 bits per heavy atom. The number of nitrogens with zero attached hydrogens (tertiary/aromatic N) is 1. The van der Waals surface area contributed by atoms with Gasteiger partial charge in [-0.05, 0) is 29.8 Å². The Bertz CT molecular complexity index is 557. The summed E-state index contributed by atoms with van der Waals surface area (Å²) in [4.78, 5) is 1.98. The lowest BCUT2D eigenvalue weighted by Gasteiger charge is -2.22. The molecule has 0 aliphatic rings. The monoisotopic (exact) mass is 279 g/mol. The van der Waals surface area contributed by atoms with E-state index in [0.717, 1.165) is 11.3 Å². The third-order valence-corrected chi connectivity index (χ3v) is 3.35. The average molecular weight is 280 g/mol. The molecule has 2 aromatic rings. The van der Waals surface area contributed by atoms with E-state index in [0.29, 0.717) is 17.1 Å². The van der Waals surface area contributed by atoms with Crippen LogP contribution in [0.25, 0.3) is 0 Å². The summed E-state index contributed by atoms with van der Waals surface area (Å²) in [5.74, 6) is -0.245. The molecule has 0 aliphatic carbocycles. The number of benzene rings is 2. The SMILES string of the molecule is CN(Cc1ccc(F)cc1)c1cccc(Cl)c1CO. The van der Waals surface area contributed by atoms with Gasteiger partial charge in [-0.2, -0.15) is 0 Å². The predicted molar refractivity (Wildman–Crippen MR) is 75.9 cm³/mol. The molecule has 4 heteroatoms. The van der Waals surface area contributed by atoms with Crippen LogP contribution in [0.15, 0.2) is 42.5 Å². The van der Waals surface area contributed by atoms with Gasteiger partial charge in [-0.15, -0.1) is 0 Å². The van der Waals surface area contributed by atoms with Gasteiger partial charge in [0.25, 0.3) is 0 Å². The normalized spacial score (nSPS) is 10.5. The van der Waals surface area contributed by atoms with Gasteiger partial charge in [-0.1, -0.05) is 29.8 Å². The zero-order valence-corrected chi connectivity index (χ0v) is 11.4. The van der Waals surface area contributed by atoms with Gasteiger partial charge in [0.1, 0.15) is 5.82 Å². The standard InChI is InChI=1S/C15H15ClFNO/c1-18(9-11-5-7-12(17)8-6-11)15-4-2-3-14(16)13(15)10-19/h2-8,19H,9-10H2,1H3. The van der Waals surface area contributed by atoms with Gasteiger partial charge in [0.2, 0.25) is 0 Å². The molecule has 0 radical (unpaired) electrons. The summed E-state index contributed by atoms with van der Waals surface area (Å²) in [6.07, 6.45) is 0. The van der Waals surface area contributed by atoms with E-state index in [9.17, 15) is 9.50 Å². The van der Waals surface area contributed by atoms with Gasteiger partial charge in [0.15, 0.2) is 0 Å². The Morgan fingerprint density at radius 1 is 1.16 bits per heavy atom. The largest absolute Gasteiger partial charge is 0.392 e. The van der Waals surface area contributed by atoms with Crippen molar-refractivity contribution in [2.45, 2.75) is 13.2 Å². The first-order valence-electron chi connectivity index (χ1n) is 5.95. The second-order valence-corrected chi connectivity index (χ2v) is 4.79. The molecule has 0 unspecified atom stereocenters. The molecule has 19 heavy (non-hydrogen) atoms. The molecule has 0 spiro atoms. The molecule has 100 valence electrons. The van der Waals surface area contributed by atoms with Crippen LogP contribution in [0.3, 0.4) is 0 Å². The molecule has 0 heterocycles. The summed E-state index contributed by atoms with van der Waals surface area (Å²) in [5, 5.41) is 9.94. The molecule has 0 bridgehead atoms. The maximum Gasteiger partial charge on any atom is 0.123 e. The topological polar surface area (TPSA) is 23.5 Å². The maximum absolute atomic E-state index is 12.9. The predicted octanol–water partition coefficient (Wildman–Crippen LogP) is 3.61. The lowest BCUT2D eigenvalue weighted by Crippen LogP contribution is -2.18. The second kappa shape index (κ2) is 6.04. The number of halogens is 2. The van der Waals surface area contributed by atoms with Crippen molar-refractivity contribution in [1.29, 1.82) is 0 Å². The van der Waals surface area contributed by atoms with E-state index in [-0.39, 0.29) is 12.4 Å². The van der Waals surface area contributed by atoms with Crippen LogP contribution in [0, 0.1) is 5.82 Å². The van der Waals surface area contributed by atoms with Crippen molar-refractivity contribution in [3.8, 4) is 0 Å². The van der Waals surface area contributed by atoms with Crippen LogP contribution in [-0.2, 0) is 13.2 Å². The molecule has 2 nitrogen and oxygen atoms in total. The highest BCUT2D eigenvalue weighted by Crippen LogP contribution is 2.27. The fourth-order valence-corrected chi connectivity index (χ4v) is 2.24. The summed E-state index contributed by atoms with van der Waals surface area (Å²) in [5.41, 5.74) is 2.57. The third-order valence-electron chi connectivity index (χ3n) is 3.00. The van der Waals surface area contributed by atoms with E-state index in [1.165, 1.54) is 12.1 Å². The van der Waals surface area contributed by atoms with E-state index < -0.39 is 0 Å². The molecule has 0 atom stereocenters. The molecule has 2 rings (SSSR count). The van der Waals surface area contributed by atoms with Crippen molar-refractivity contribution in [2.24, 2.45) is 0 Å². The quantitative estimate of drug-likeness (QED) is 0.924. The van der Waals surface area contributed by atoms with Gasteiger partial charge in [0.05, 0.1) is 6.61 Å². The maximum atomic E-state index is 12.9. The summed E-state index contributed by atoms with van der Waals surface area (Å²) in [6.45, 7) is 0.510. The summed E-state index contributed by atoms with van der Waals surface area (Å²) < 4.78 is 12.9. The fraction of sp³-hybridized carbons (Fsp3) is 0.200. The van der Waals surface area contributed by atoms with Crippen LogP contribution < -0.4 is 4.90 Å². The minimum atomic E-state index is -0.245. The molecule has 0 fully saturated rings. The number of rotatable bonds is 4. The summed E-state index contributed by atoms with van der Waals surface area (Å²) >= 11 is 6.06. The molecule has 1 N–H and O–H groups in total. The highest BCUT2D eigenvalue weighted by Gasteiger charge is 2.10. The Balaban J connectivity index is 2.22. The average Bonchev–Trinajstić information content (AvgIpc) is 2.41. The van der Waals surface area contributed by atoms with Crippen molar-refractivity contribution in [2.75, 3.05) is 11.9 Å². The van der Waals surface area contributed by atoms with Crippen LogP contribution in [0.4, 0.5) is 10.1 Å². The third kappa shape index (κ3) is 3.25. The molecule has 0 saturated heterocycles. The van der Waals surface area contributed by atoms with Gasteiger partial charge >= 0.3 is 0 Å². The minimum Gasteiger partial charge on any atom is -0.392 e. The first kappa shape index (κ1) is 13.8. The summed E-state index contributed by atoms with van der Waals surface area (Å²) in [6, 6.07) is 11.9. The lowest BCUT2D eigenvalue weighted by molar-refractivity contribution is 0.282. The minimum absolute atomic E-state index is 0.108. The molecular formula is C15H15ClFNO. The van der Waals surface area contributed by atoms with E-state index >= 15 is 0 Å². The van der Waals surface area contributed by atoms with E-state index in [1.54, 1.807) is 18.2 Å². The molecule has 0 aromatic heterocycles. The van der Waals surface area contributed by atoms with Crippen LogP contribution >= 0.6 is 11.6 Å². The highest BCUT2D eigenvalue weighted by atomic mass is 35.5. The van der Waals surface area contributed by atoms with Gasteiger partial charge in [-0.25, -0.2) is 4.39 Å². The van der Waals surface area contributed by atoms with Gasteiger partial charge in [0, 0.05) is 29.9 Å². The first-order valence-corrected chi connectivity index (χ1v) is 6.33. The van der Waals surface area contributed by atoms with Crippen LogP contribution in [0.5, 0.6) is 0 Å². The smallest absolute Gasteiger partial charge is 0.123 e. The van der Waals surface area contributed by atoms with E-state index in [4.69, 9.17) is 11.6 Å². The molecule has 2 aromatic carbocycles. The number of anilines is 1. The van der Waals surface area contributed by atoms with Gasteiger partial charge in [-0.3, -0.25) is 0 Å². The van der Waals surface area contributed by atoms with Crippen LogP contribution in [-0.4, -0.2) is 12.2 Å². The lowest BCUT2D eigenvalue weighted by atomic mass is 10.1. The number of hydrogen-bond donors (Lipinski definition) is 1. The Morgan fingerprint density at radius 2 is 1.84 bits per heavy atom. The first-order chi connectivity index (χ1) is 9.11. The van der Waals surface area contributed by atoms with Crippen molar-refractivity contribution < 1.29 is 9.50 Å². The van der Waals surface area contributed by atoms with Crippen LogP contribution in [0.1, 0.15) is 11.1 Å². The molecular weight excluding hydrogens is 265 g/mol. The Hall–Kier alpha value is -1.58. The molecule has 0 amide bonds. The number of aliphatic hydroxyl groups is 1.